The molecule has 118 valence electrons. The number of carboxylic acid groups (broad SMARTS) is 1. The van der Waals surface area contributed by atoms with Crippen LogP contribution >= 0.6 is 0 Å². The number of hydrogen-bond acceptors (Lipinski definition) is 6. The number of rotatable bonds is 8. The number of likely N-dealkylation sites (N-methyl/N-ethyl adjacent to an activating group) is 1. The summed E-state index contributed by atoms with van der Waals surface area (Å²) in [6.07, 6.45) is -0.0147. The molecule has 1 aromatic rings. The lowest BCUT2D eigenvalue weighted by molar-refractivity contribution is -0.138. The van der Waals surface area contributed by atoms with Crippen molar-refractivity contribution >= 4 is 17.9 Å². The Kier molecular flexibility index (Phi) is 6.29. The van der Waals surface area contributed by atoms with Crippen molar-refractivity contribution in [1.82, 2.24) is 15.1 Å². The summed E-state index contributed by atoms with van der Waals surface area (Å²) in [6.45, 7) is 8.11. The van der Waals surface area contributed by atoms with E-state index in [1.807, 2.05) is 20.8 Å². The topological polar surface area (TPSA) is 109 Å². The first-order chi connectivity index (χ1) is 9.83. The fraction of sp³-hybridized carbons (Fsp3) is 0.692. The van der Waals surface area contributed by atoms with Gasteiger partial charge in [0.15, 0.2) is 0 Å². The molecule has 0 fully saturated rings. The van der Waals surface area contributed by atoms with Crippen molar-refractivity contribution in [3.05, 3.63) is 5.89 Å². The zero-order valence-electron chi connectivity index (χ0n) is 12.8. The lowest BCUT2D eigenvalue weighted by Crippen LogP contribution is -2.40. The summed E-state index contributed by atoms with van der Waals surface area (Å²) in [5.74, 6) is -0.657. The predicted molar refractivity (Wildman–Crippen MR) is 76.0 cm³/mol. The highest BCUT2D eigenvalue weighted by Gasteiger charge is 2.19. The average Bonchev–Trinajstić information content (AvgIpc) is 2.83. The SMILES string of the molecule is CCN(CC(=O)Nc1nnc(C(C)C)o1)C(C)CC(=O)O. The molecule has 0 bridgehead atoms. The molecule has 1 amide bonds. The number of hydrogen-bond donors (Lipinski definition) is 2. The summed E-state index contributed by atoms with van der Waals surface area (Å²) < 4.78 is 5.29. The highest BCUT2D eigenvalue weighted by Crippen LogP contribution is 2.14. The minimum Gasteiger partial charge on any atom is -0.481 e. The predicted octanol–water partition coefficient (Wildman–Crippen LogP) is 1.32. The van der Waals surface area contributed by atoms with Crippen LogP contribution < -0.4 is 5.32 Å². The lowest BCUT2D eigenvalue weighted by Gasteiger charge is -2.25. The third-order valence-electron chi connectivity index (χ3n) is 3.03. The molecule has 21 heavy (non-hydrogen) atoms. The molecule has 0 aliphatic heterocycles. The molecule has 0 radical (unpaired) electrons. The van der Waals surface area contributed by atoms with Gasteiger partial charge < -0.3 is 9.52 Å². The van der Waals surface area contributed by atoms with Gasteiger partial charge >= 0.3 is 12.0 Å². The fourth-order valence-corrected chi connectivity index (χ4v) is 1.82. The first-order valence-corrected chi connectivity index (χ1v) is 6.92. The normalized spacial score (nSPS) is 12.7. The van der Waals surface area contributed by atoms with Crippen LogP contribution in [0.2, 0.25) is 0 Å². The number of aromatic nitrogens is 2. The first-order valence-electron chi connectivity index (χ1n) is 6.92. The molecule has 0 saturated carbocycles. The van der Waals surface area contributed by atoms with Crippen LogP contribution in [-0.2, 0) is 9.59 Å². The van der Waals surface area contributed by atoms with Gasteiger partial charge in [-0.3, -0.25) is 19.8 Å². The monoisotopic (exact) mass is 298 g/mol. The minimum atomic E-state index is -0.889. The first kappa shape index (κ1) is 17.1. The summed E-state index contributed by atoms with van der Waals surface area (Å²) >= 11 is 0. The van der Waals surface area contributed by atoms with E-state index in [-0.39, 0.29) is 36.8 Å². The number of nitrogens with zero attached hydrogens (tertiary/aromatic N) is 3. The summed E-state index contributed by atoms with van der Waals surface area (Å²) in [4.78, 5) is 24.4. The molecule has 8 heteroatoms. The Morgan fingerprint density at radius 1 is 1.33 bits per heavy atom. The summed E-state index contributed by atoms with van der Waals surface area (Å²) in [5.41, 5.74) is 0. The van der Waals surface area contributed by atoms with Crippen molar-refractivity contribution < 1.29 is 19.1 Å². The molecule has 1 heterocycles. The van der Waals surface area contributed by atoms with Crippen molar-refractivity contribution in [2.45, 2.75) is 46.1 Å². The maximum atomic E-state index is 11.9. The van der Waals surface area contributed by atoms with Gasteiger partial charge in [-0.1, -0.05) is 25.9 Å². The number of aliphatic carboxylic acids is 1. The lowest BCUT2D eigenvalue weighted by atomic mass is 10.2. The number of anilines is 1. The van der Waals surface area contributed by atoms with Crippen molar-refractivity contribution in [3.8, 4) is 0 Å². The molecule has 1 unspecified atom stereocenters. The van der Waals surface area contributed by atoms with Gasteiger partial charge in [-0.2, -0.15) is 0 Å². The molecule has 0 aliphatic rings. The minimum absolute atomic E-state index is 0.0147. The molecule has 2 N–H and O–H groups in total. The van der Waals surface area contributed by atoms with E-state index in [0.717, 1.165) is 0 Å². The van der Waals surface area contributed by atoms with Gasteiger partial charge in [0.1, 0.15) is 0 Å². The molecule has 0 aliphatic carbocycles. The van der Waals surface area contributed by atoms with Gasteiger partial charge in [-0.05, 0) is 13.5 Å². The van der Waals surface area contributed by atoms with Crippen LogP contribution in [0, 0.1) is 0 Å². The van der Waals surface area contributed by atoms with Crippen LogP contribution in [0.5, 0.6) is 0 Å². The molecule has 1 aromatic heterocycles. The Morgan fingerprint density at radius 3 is 2.48 bits per heavy atom. The Labute approximate surface area is 123 Å². The van der Waals surface area contributed by atoms with Crippen LogP contribution in [0.15, 0.2) is 4.42 Å². The molecule has 8 nitrogen and oxygen atoms in total. The molecule has 1 rings (SSSR count). The number of carbonyl (C=O) groups excluding carboxylic acids is 1. The second kappa shape index (κ2) is 7.72. The molecular formula is C13H22N4O4. The van der Waals surface area contributed by atoms with E-state index in [1.54, 1.807) is 11.8 Å². The standard InChI is InChI=1S/C13H22N4O4/c1-5-17(9(4)6-11(19)20)7-10(18)14-13-16-15-12(21-13)8(2)3/h8-9H,5-7H2,1-4H3,(H,19,20)(H,14,16,18). The Bertz CT molecular complexity index is 486. The Morgan fingerprint density at radius 2 is 2.00 bits per heavy atom. The maximum Gasteiger partial charge on any atom is 0.322 e. The fourth-order valence-electron chi connectivity index (χ4n) is 1.82. The molecule has 0 aromatic carbocycles. The molecule has 0 saturated heterocycles. The highest BCUT2D eigenvalue weighted by atomic mass is 16.4. The van der Waals surface area contributed by atoms with Crippen LogP contribution in [-0.4, -0.2) is 51.2 Å². The second-order valence-corrected chi connectivity index (χ2v) is 5.16. The van der Waals surface area contributed by atoms with Crippen molar-refractivity contribution in [3.63, 3.8) is 0 Å². The number of amides is 1. The van der Waals surface area contributed by atoms with E-state index in [9.17, 15) is 9.59 Å². The van der Waals surface area contributed by atoms with E-state index in [4.69, 9.17) is 9.52 Å². The zero-order valence-corrected chi connectivity index (χ0v) is 12.8. The van der Waals surface area contributed by atoms with E-state index in [2.05, 4.69) is 15.5 Å². The third kappa shape index (κ3) is 5.50. The van der Waals surface area contributed by atoms with E-state index >= 15 is 0 Å². The van der Waals surface area contributed by atoms with Gasteiger partial charge in [0, 0.05) is 12.0 Å². The van der Waals surface area contributed by atoms with Gasteiger partial charge in [-0.15, -0.1) is 5.10 Å². The molecule has 0 spiro atoms. The van der Waals surface area contributed by atoms with E-state index in [0.29, 0.717) is 12.4 Å². The second-order valence-electron chi connectivity index (χ2n) is 5.16. The van der Waals surface area contributed by atoms with Crippen LogP contribution in [0.4, 0.5) is 6.01 Å². The molecule has 1 atom stereocenters. The Hall–Kier alpha value is -1.96. The van der Waals surface area contributed by atoms with Crippen molar-refractivity contribution in [2.75, 3.05) is 18.4 Å². The third-order valence-corrected chi connectivity index (χ3v) is 3.03. The van der Waals surface area contributed by atoms with Gasteiger partial charge in [0.2, 0.25) is 11.8 Å². The average molecular weight is 298 g/mol. The van der Waals surface area contributed by atoms with E-state index < -0.39 is 5.97 Å². The van der Waals surface area contributed by atoms with Gasteiger partial charge in [-0.25, -0.2) is 0 Å². The van der Waals surface area contributed by atoms with Gasteiger partial charge in [0.05, 0.1) is 13.0 Å². The molecular weight excluding hydrogens is 276 g/mol. The summed E-state index contributed by atoms with van der Waals surface area (Å²) in [6, 6.07) is -0.169. The van der Waals surface area contributed by atoms with Crippen LogP contribution in [0.1, 0.15) is 45.9 Å². The zero-order chi connectivity index (χ0) is 16.0. The smallest absolute Gasteiger partial charge is 0.322 e. The summed E-state index contributed by atoms with van der Waals surface area (Å²) in [7, 11) is 0. The maximum absolute atomic E-state index is 11.9. The highest BCUT2D eigenvalue weighted by molar-refractivity contribution is 5.90. The van der Waals surface area contributed by atoms with Crippen molar-refractivity contribution in [1.29, 1.82) is 0 Å². The quantitative estimate of drug-likeness (QED) is 0.744. The number of carboxylic acids is 1. The van der Waals surface area contributed by atoms with Crippen LogP contribution in [0.3, 0.4) is 0 Å². The number of carbonyl (C=O) groups is 2. The van der Waals surface area contributed by atoms with Crippen LogP contribution in [0.25, 0.3) is 0 Å². The van der Waals surface area contributed by atoms with Crippen molar-refractivity contribution in [2.24, 2.45) is 0 Å². The van der Waals surface area contributed by atoms with Gasteiger partial charge in [0.25, 0.3) is 0 Å². The Balaban J connectivity index is 2.55. The van der Waals surface area contributed by atoms with E-state index in [1.165, 1.54) is 0 Å². The number of nitrogens with one attached hydrogen (secondary N) is 1. The summed E-state index contributed by atoms with van der Waals surface area (Å²) in [5, 5.41) is 18.9. The largest absolute Gasteiger partial charge is 0.481 e.